The van der Waals surface area contributed by atoms with Crippen LogP contribution in [0.25, 0.3) is 5.76 Å². The van der Waals surface area contributed by atoms with Crippen molar-refractivity contribution in [3.63, 3.8) is 0 Å². The van der Waals surface area contributed by atoms with Crippen LogP contribution in [0, 0.1) is 34.5 Å². The molecule has 1 aromatic rings. The van der Waals surface area contributed by atoms with Gasteiger partial charge in [0.1, 0.15) is 28.6 Å². The number of carbonyl (C=O) groups is 4. The molecule has 8 nitrogen and oxygen atoms in total. The van der Waals surface area contributed by atoms with Crippen molar-refractivity contribution in [2.75, 3.05) is 0 Å². The van der Waals surface area contributed by atoms with E-state index in [-0.39, 0.29) is 66.1 Å². The number of ketones is 4. The first kappa shape index (κ1) is 33.1. The number of aliphatic hydroxyl groups excluding tert-OH is 2. The van der Waals surface area contributed by atoms with Gasteiger partial charge in [0, 0.05) is 34.7 Å². The van der Waals surface area contributed by atoms with Crippen LogP contribution in [0.5, 0.6) is 5.75 Å². The second-order valence-corrected chi connectivity index (χ2v) is 15.4. The molecule has 2 unspecified atom stereocenters. The van der Waals surface area contributed by atoms with Gasteiger partial charge in [0.2, 0.25) is 5.78 Å². The number of hydrogen-bond donors (Lipinski definition) is 4. The van der Waals surface area contributed by atoms with E-state index in [0.717, 1.165) is 31.7 Å². The Morgan fingerprint density at radius 3 is 2.22 bits per heavy atom. The molecule has 0 aromatic heterocycles. The zero-order valence-corrected chi connectivity index (χ0v) is 27.8. The van der Waals surface area contributed by atoms with Gasteiger partial charge in [-0.05, 0) is 73.5 Å². The van der Waals surface area contributed by atoms with Gasteiger partial charge in [-0.3, -0.25) is 19.2 Å². The lowest BCUT2D eigenvalue weighted by atomic mass is 9.43. The molecule has 4 aliphatic rings. The number of hydrogen-bond acceptors (Lipinski definition) is 8. The third-order valence-electron chi connectivity index (χ3n) is 11.7. The van der Waals surface area contributed by atoms with Crippen LogP contribution in [-0.4, -0.2) is 49.2 Å². The number of benzene rings is 1. The van der Waals surface area contributed by atoms with E-state index < -0.39 is 56.8 Å². The molecule has 0 amide bonds. The first-order valence-corrected chi connectivity index (χ1v) is 16.4. The topological polar surface area (TPSA) is 149 Å². The SMILES string of the molecule is CC(=O)C1=C(O)[C@]2(O)C(=O)C3=C(O)c4c(O)c(CCC(=O)[C@H]5CCCC5C)cc(C(C)C)c4C[C@]3(C)C[C@]2(C)C(C(C)C)C1=O. The van der Waals surface area contributed by atoms with Crippen LogP contribution in [0.2, 0.25) is 0 Å². The molecule has 0 spiro atoms. The Morgan fingerprint density at radius 2 is 1.69 bits per heavy atom. The summed E-state index contributed by atoms with van der Waals surface area (Å²) in [5, 5.41) is 47.3. The predicted octanol–water partition coefficient (Wildman–Crippen LogP) is 6.25. The molecule has 2 fully saturated rings. The molecule has 2 saturated carbocycles. The van der Waals surface area contributed by atoms with Crippen molar-refractivity contribution in [2.24, 2.45) is 34.5 Å². The molecule has 0 aliphatic heterocycles. The highest BCUT2D eigenvalue weighted by Gasteiger charge is 2.72. The van der Waals surface area contributed by atoms with Crippen molar-refractivity contribution in [2.45, 2.75) is 112 Å². The average molecular weight is 621 g/mol. The van der Waals surface area contributed by atoms with Crippen LogP contribution in [0.3, 0.4) is 0 Å². The van der Waals surface area contributed by atoms with E-state index in [2.05, 4.69) is 6.92 Å². The first-order chi connectivity index (χ1) is 20.8. The smallest absolute Gasteiger partial charge is 0.203 e. The summed E-state index contributed by atoms with van der Waals surface area (Å²) in [6.45, 7) is 14.2. The first-order valence-electron chi connectivity index (χ1n) is 16.4. The summed E-state index contributed by atoms with van der Waals surface area (Å²) in [6, 6.07) is 1.91. The Labute approximate surface area is 265 Å². The van der Waals surface area contributed by atoms with Crippen molar-refractivity contribution >= 4 is 28.9 Å². The third kappa shape index (κ3) is 4.56. The number of aryl methyl sites for hydroxylation is 1. The van der Waals surface area contributed by atoms with Crippen LogP contribution in [0.15, 0.2) is 23.0 Å². The van der Waals surface area contributed by atoms with Gasteiger partial charge in [-0.15, -0.1) is 0 Å². The maximum absolute atomic E-state index is 14.6. The summed E-state index contributed by atoms with van der Waals surface area (Å²) in [7, 11) is 0. The van der Waals surface area contributed by atoms with E-state index in [4.69, 9.17) is 0 Å². The van der Waals surface area contributed by atoms with Crippen LogP contribution < -0.4 is 0 Å². The fraction of sp³-hybridized carbons (Fsp3) is 0.622. The minimum Gasteiger partial charge on any atom is -0.508 e. The van der Waals surface area contributed by atoms with Gasteiger partial charge in [-0.1, -0.05) is 61.0 Å². The fourth-order valence-electron chi connectivity index (χ4n) is 9.64. The predicted molar refractivity (Wildman–Crippen MR) is 170 cm³/mol. The lowest BCUT2D eigenvalue weighted by Crippen LogP contribution is -2.69. The van der Waals surface area contributed by atoms with E-state index >= 15 is 0 Å². The second kappa shape index (κ2) is 10.9. The largest absolute Gasteiger partial charge is 0.508 e. The molecular formula is C37H48O8. The molecule has 45 heavy (non-hydrogen) atoms. The van der Waals surface area contributed by atoms with Crippen molar-refractivity contribution in [3.8, 4) is 5.75 Å². The number of Topliss-reactive ketones (excluding diaryl/α,β-unsaturated/α-hetero) is 4. The van der Waals surface area contributed by atoms with E-state index in [1.54, 1.807) is 20.8 Å². The van der Waals surface area contributed by atoms with Gasteiger partial charge < -0.3 is 20.4 Å². The number of rotatable bonds is 7. The minimum absolute atomic E-state index is 0.0122. The Bertz CT molecular complexity index is 1580. The van der Waals surface area contributed by atoms with E-state index in [1.165, 1.54) is 0 Å². The number of phenolic OH excluding ortho intramolecular Hbond substituents is 1. The number of allylic oxidation sites excluding steroid dienone is 1. The second-order valence-electron chi connectivity index (χ2n) is 15.4. The van der Waals surface area contributed by atoms with Crippen molar-refractivity contribution < 1.29 is 39.6 Å². The van der Waals surface area contributed by atoms with Crippen molar-refractivity contribution in [3.05, 3.63) is 45.2 Å². The molecule has 244 valence electrons. The zero-order chi connectivity index (χ0) is 33.5. The molecule has 0 heterocycles. The molecule has 0 saturated heterocycles. The van der Waals surface area contributed by atoms with Gasteiger partial charge in [0.25, 0.3) is 0 Å². The number of aromatic hydroxyl groups is 1. The van der Waals surface area contributed by atoms with Crippen LogP contribution in [0.4, 0.5) is 0 Å². The number of fused-ring (bicyclic) bond motifs is 3. The van der Waals surface area contributed by atoms with Crippen molar-refractivity contribution in [1.82, 2.24) is 0 Å². The standard InChI is InChI=1S/C37H48O8/c1-17(2)23-14-21(12-13-25(39)22-11-9-10-19(22)5)30(40)27-24(23)15-35(7)16-36(8)28(18(3)4)31(41)26(20(6)38)33(43)37(36,45)34(44)29(35)32(27)42/h14,17-19,22,28,40,42-43,45H,9-13,15-16H2,1-8H3/t19?,22-,28?,35+,36+,37-/m0/s1. The molecule has 0 radical (unpaired) electrons. The Morgan fingerprint density at radius 1 is 1.04 bits per heavy atom. The van der Waals surface area contributed by atoms with E-state index in [0.29, 0.717) is 17.0 Å². The summed E-state index contributed by atoms with van der Waals surface area (Å²) in [4.78, 5) is 54.0. The maximum Gasteiger partial charge on any atom is 0.203 e. The lowest BCUT2D eigenvalue weighted by molar-refractivity contribution is -0.178. The third-order valence-corrected chi connectivity index (χ3v) is 11.7. The van der Waals surface area contributed by atoms with Gasteiger partial charge in [0.05, 0.1) is 5.56 Å². The summed E-state index contributed by atoms with van der Waals surface area (Å²) >= 11 is 0. The number of aliphatic hydroxyl groups is 3. The average Bonchev–Trinajstić information content (AvgIpc) is 3.35. The molecular weight excluding hydrogens is 572 g/mol. The van der Waals surface area contributed by atoms with Gasteiger partial charge >= 0.3 is 0 Å². The summed E-state index contributed by atoms with van der Waals surface area (Å²) < 4.78 is 0. The molecule has 1 aromatic carbocycles. The van der Waals surface area contributed by atoms with Gasteiger partial charge in [-0.2, -0.15) is 0 Å². The van der Waals surface area contributed by atoms with Crippen LogP contribution in [0.1, 0.15) is 116 Å². The lowest BCUT2D eigenvalue weighted by Gasteiger charge is -2.60. The number of carbonyl (C=O) groups excluding carboxylic acids is 4. The van der Waals surface area contributed by atoms with Gasteiger partial charge in [0.15, 0.2) is 17.2 Å². The Hall–Kier alpha value is -3.26. The van der Waals surface area contributed by atoms with Crippen LogP contribution in [-0.2, 0) is 32.0 Å². The summed E-state index contributed by atoms with van der Waals surface area (Å²) in [6.07, 6.45) is 3.76. The molecule has 6 atom stereocenters. The Kier molecular flexibility index (Phi) is 8.04. The molecule has 8 heteroatoms. The quantitative estimate of drug-likeness (QED) is 0.261. The summed E-state index contributed by atoms with van der Waals surface area (Å²) in [5.74, 6) is -4.82. The van der Waals surface area contributed by atoms with Crippen molar-refractivity contribution in [1.29, 1.82) is 0 Å². The highest BCUT2D eigenvalue weighted by molar-refractivity contribution is 6.24. The Balaban J connectivity index is 1.69. The monoisotopic (exact) mass is 620 g/mol. The highest BCUT2D eigenvalue weighted by atomic mass is 16.3. The van der Waals surface area contributed by atoms with Gasteiger partial charge in [-0.25, -0.2) is 0 Å². The minimum atomic E-state index is -2.64. The van der Waals surface area contributed by atoms with Crippen LogP contribution >= 0.6 is 0 Å². The highest BCUT2D eigenvalue weighted by Crippen LogP contribution is 2.65. The molecule has 5 rings (SSSR count). The zero-order valence-electron chi connectivity index (χ0n) is 27.8. The maximum atomic E-state index is 14.6. The van der Waals surface area contributed by atoms with E-state index in [1.807, 2.05) is 26.8 Å². The molecule has 4 N–H and O–H groups in total. The number of phenols is 1. The fourth-order valence-corrected chi connectivity index (χ4v) is 9.64. The molecule has 0 bridgehead atoms. The van der Waals surface area contributed by atoms with E-state index in [9.17, 15) is 39.6 Å². The summed E-state index contributed by atoms with van der Waals surface area (Å²) in [5.41, 5.74) is -3.76. The molecule has 4 aliphatic carbocycles. The normalized spacial score (nSPS) is 33.1.